The average molecular weight is 635 g/mol. The second-order valence-corrected chi connectivity index (χ2v) is 10.5. The van der Waals surface area contributed by atoms with Crippen LogP contribution in [0.2, 0.25) is 0 Å². The van der Waals surface area contributed by atoms with Gasteiger partial charge in [-0.15, -0.1) is 12.4 Å². The highest BCUT2D eigenvalue weighted by molar-refractivity contribution is 6.07. The molecule has 1 atom stereocenters. The van der Waals surface area contributed by atoms with Crippen LogP contribution < -0.4 is 15.0 Å². The first kappa shape index (κ1) is 34.2. The molecule has 1 fully saturated rings. The summed E-state index contributed by atoms with van der Waals surface area (Å²) in [5, 5.41) is 11.9. The number of carbonyl (C=O) groups is 3. The minimum atomic E-state index is -4.86. The zero-order chi connectivity index (χ0) is 31.3. The van der Waals surface area contributed by atoms with Gasteiger partial charge in [-0.3, -0.25) is 14.4 Å². The zero-order valence-electron chi connectivity index (χ0n) is 24.5. The van der Waals surface area contributed by atoms with E-state index in [-0.39, 0.29) is 42.3 Å². The summed E-state index contributed by atoms with van der Waals surface area (Å²) in [5.41, 5.74) is 0.760. The van der Waals surface area contributed by atoms with Crippen molar-refractivity contribution in [1.29, 1.82) is 0 Å². The maximum absolute atomic E-state index is 14.3. The van der Waals surface area contributed by atoms with Crippen molar-refractivity contribution in [3.8, 4) is 5.75 Å². The molecule has 1 unspecified atom stereocenters. The first-order chi connectivity index (χ1) is 20.4. The Balaban J connectivity index is 0.00000529. The van der Waals surface area contributed by atoms with Gasteiger partial charge >= 0.3 is 18.1 Å². The topological polar surface area (TPSA) is 105 Å². The highest BCUT2D eigenvalue weighted by atomic mass is 35.5. The lowest BCUT2D eigenvalue weighted by molar-refractivity contribution is -0.144. The van der Waals surface area contributed by atoms with E-state index < -0.39 is 47.6 Å². The van der Waals surface area contributed by atoms with E-state index in [2.05, 4.69) is 5.32 Å². The second-order valence-electron chi connectivity index (χ2n) is 10.5. The SMILES string of the molecule is COC(=O)C1CCN(c2cc(C(F)(F)F)c(NC(=O)c3c(C)cc(OCCc4ccccc4)cc3C)cc2CC(=O)O)C1.Cl. The summed E-state index contributed by atoms with van der Waals surface area (Å²) in [4.78, 5) is 38.6. The predicted molar refractivity (Wildman–Crippen MR) is 162 cm³/mol. The first-order valence-corrected chi connectivity index (χ1v) is 13.8. The Hall–Kier alpha value is -4.25. The molecule has 1 saturated heterocycles. The van der Waals surface area contributed by atoms with Gasteiger partial charge in [0.1, 0.15) is 5.75 Å². The highest BCUT2D eigenvalue weighted by Crippen LogP contribution is 2.41. The number of nitrogens with one attached hydrogen (secondary N) is 1. The Kier molecular flexibility index (Phi) is 11.3. The van der Waals surface area contributed by atoms with Crippen LogP contribution in [0.1, 0.15) is 44.6 Å². The summed E-state index contributed by atoms with van der Waals surface area (Å²) in [6.45, 7) is 4.06. The number of aryl methyl sites for hydroxylation is 2. The van der Waals surface area contributed by atoms with E-state index in [9.17, 15) is 32.7 Å². The van der Waals surface area contributed by atoms with Gasteiger partial charge in [0, 0.05) is 30.8 Å². The highest BCUT2D eigenvalue weighted by Gasteiger charge is 2.37. The minimum Gasteiger partial charge on any atom is -0.493 e. The third-order valence-electron chi connectivity index (χ3n) is 7.41. The van der Waals surface area contributed by atoms with Crippen molar-refractivity contribution in [3.05, 3.63) is 88.0 Å². The molecule has 1 heterocycles. The van der Waals surface area contributed by atoms with Gasteiger partial charge in [-0.2, -0.15) is 13.2 Å². The Morgan fingerprint density at radius 3 is 2.30 bits per heavy atom. The van der Waals surface area contributed by atoms with E-state index in [0.29, 0.717) is 36.3 Å². The molecular formula is C32H34ClF3N2O6. The van der Waals surface area contributed by atoms with Gasteiger partial charge in [0.05, 0.1) is 37.3 Å². The molecule has 1 aliphatic rings. The summed E-state index contributed by atoms with van der Waals surface area (Å²) in [6.07, 6.45) is -4.41. The standard InChI is InChI=1S/C32H33F3N2O6.ClH/c1-19-13-24(43-12-10-21-7-5-4-6-8-21)14-20(2)29(19)30(40)36-26-15-23(16-28(38)39)27(17-25(26)32(33,34)35)37-11-9-22(18-37)31(41)42-3;/h4-8,13-15,17,22H,9-12,16,18H2,1-3H3,(H,36,40)(H,38,39);1H. The summed E-state index contributed by atoms with van der Waals surface area (Å²) in [6, 6.07) is 15.0. The number of ether oxygens (including phenoxy) is 2. The lowest BCUT2D eigenvalue weighted by atomic mass is 9.99. The molecule has 4 rings (SSSR count). The van der Waals surface area contributed by atoms with E-state index in [0.717, 1.165) is 17.7 Å². The first-order valence-electron chi connectivity index (χ1n) is 13.8. The van der Waals surface area contributed by atoms with Crippen molar-refractivity contribution in [1.82, 2.24) is 0 Å². The van der Waals surface area contributed by atoms with Gasteiger partial charge in [0.2, 0.25) is 0 Å². The van der Waals surface area contributed by atoms with Gasteiger partial charge in [-0.1, -0.05) is 30.3 Å². The van der Waals surface area contributed by atoms with Crippen molar-refractivity contribution in [2.45, 2.75) is 39.3 Å². The predicted octanol–water partition coefficient (Wildman–Crippen LogP) is 6.24. The maximum atomic E-state index is 14.3. The Bertz CT molecular complexity index is 1490. The zero-order valence-corrected chi connectivity index (χ0v) is 25.3. The monoisotopic (exact) mass is 634 g/mol. The fourth-order valence-electron chi connectivity index (χ4n) is 5.39. The Morgan fingerprint density at radius 1 is 1.05 bits per heavy atom. The summed E-state index contributed by atoms with van der Waals surface area (Å²) >= 11 is 0. The number of methoxy groups -OCH3 is 1. The second kappa shape index (κ2) is 14.5. The fraction of sp³-hybridized carbons (Fsp3) is 0.344. The molecule has 1 amide bonds. The lowest BCUT2D eigenvalue weighted by Gasteiger charge is -2.25. The van der Waals surface area contributed by atoms with Crippen LogP contribution in [0.3, 0.4) is 0 Å². The van der Waals surface area contributed by atoms with Gasteiger partial charge in [-0.05, 0) is 66.8 Å². The van der Waals surface area contributed by atoms with Gasteiger partial charge in [0.25, 0.3) is 5.91 Å². The number of halogens is 4. The summed E-state index contributed by atoms with van der Waals surface area (Å²) in [5.74, 6) is -2.52. The number of amides is 1. The molecule has 8 nitrogen and oxygen atoms in total. The van der Waals surface area contributed by atoms with Crippen LogP contribution in [-0.2, 0) is 33.3 Å². The Morgan fingerprint density at radius 2 is 1.70 bits per heavy atom. The number of hydrogen-bond acceptors (Lipinski definition) is 6. The molecule has 3 aromatic carbocycles. The minimum absolute atomic E-state index is 0. The maximum Gasteiger partial charge on any atom is 0.418 e. The van der Waals surface area contributed by atoms with E-state index >= 15 is 0 Å². The molecule has 1 aliphatic heterocycles. The smallest absolute Gasteiger partial charge is 0.418 e. The van der Waals surface area contributed by atoms with Crippen molar-refractivity contribution in [2.24, 2.45) is 5.92 Å². The molecule has 0 saturated carbocycles. The van der Waals surface area contributed by atoms with Crippen molar-refractivity contribution in [3.63, 3.8) is 0 Å². The number of benzene rings is 3. The van der Waals surface area contributed by atoms with Crippen LogP contribution in [0.5, 0.6) is 5.75 Å². The van der Waals surface area contributed by atoms with Gasteiger partial charge < -0.3 is 24.8 Å². The molecule has 0 aromatic heterocycles. The van der Waals surface area contributed by atoms with E-state index in [1.807, 2.05) is 30.3 Å². The molecule has 44 heavy (non-hydrogen) atoms. The lowest BCUT2D eigenvalue weighted by Crippen LogP contribution is -2.26. The van der Waals surface area contributed by atoms with Crippen LogP contribution >= 0.6 is 12.4 Å². The van der Waals surface area contributed by atoms with Crippen LogP contribution in [0.4, 0.5) is 24.5 Å². The van der Waals surface area contributed by atoms with Gasteiger partial charge in [-0.25, -0.2) is 0 Å². The van der Waals surface area contributed by atoms with E-state index in [4.69, 9.17) is 9.47 Å². The molecule has 0 bridgehead atoms. The van der Waals surface area contributed by atoms with Gasteiger partial charge in [0.15, 0.2) is 0 Å². The number of rotatable bonds is 10. The van der Waals surface area contributed by atoms with E-state index in [1.54, 1.807) is 30.9 Å². The number of anilines is 2. The quantitative estimate of drug-likeness (QED) is 0.254. The van der Waals surface area contributed by atoms with Crippen molar-refractivity contribution >= 4 is 41.6 Å². The normalized spacial score (nSPS) is 14.5. The molecule has 3 aromatic rings. The molecule has 0 radical (unpaired) electrons. The average Bonchev–Trinajstić information content (AvgIpc) is 3.42. The number of carboxylic acid groups (broad SMARTS) is 1. The summed E-state index contributed by atoms with van der Waals surface area (Å²) < 4.78 is 53.5. The summed E-state index contributed by atoms with van der Waals surface area (Å²) in [7, 11) is 1.23. The van der Waals surface area contributed by atoms with Crippen molar-refractivity contribution in [2.75, 3.05) is 37.0 Å². The number of carboxylic acids is 1. The molecule has 0 spiro atoms. The van der Waals surface area contributed by atoms with E-state index in [1.165, 1.54) is 7.11 Å². The van der Waals surface area contributed by atoms with Crippen molar-refractivity contribution < 1.29 is 42.1 Å². The van der Waals surface area contributed by atoms with Crippen LogP contribution in [-0.4, -0.2) is 49.8 Å². The number of hydrogen-bond donors (Lipinski definition) is 2. The number of aliphatic carboxylic acids is 1. The number of nitrogens with zero attached hydrogens (tertiary/aromatic N) is 1. The molecular weight excluding hydrogens is 601 g/mol. The number of carbonyl (C=O) groups excluding carboxylic acids is 2. The molecule has 0 aliphatic carbocycles. The third kappa shape index (κ3) is 8.22. The van der Waals surface area contributed by atoms with Crippen LogP contribution in [0.15, 0.2) is 54.6 Å². The van der Waals surface area contributed by atoms with Crippen LogP contribution in [0, 0.1) is 19.8 Å². The molecule has 12 heteroatoms. The third-order valence-corrected chi connectivity index (χ3v) is 7.41. The molecule has 2 N–H and O–H groups in total. The number of esters is 1. The largest absolute Gasteiger partial charge is 0.493 e. The number of alkyl halides is 3. The fourth-order valence-corrected chi connectivity index (χ4v) is 5.39. The molecule has 236 valence electrons. The Labute approximate surface area is 259 Å². The van der Waals surface area contributed by atoms with Crippen LogP contribution in [0.25, 0.3) is 0 Å².